The highest BCUT2D eigenvalue weighted by molar-refractivity contribution is 9.26. The molecule has 0 saturated heterocycles. The molecule has 0 heterocycles. The summed E-state index contributed by atoms with van der Waals surface area (Å²) >= 11 is 0. The first kappa shape index (κ1) is 27.6. The van der Waals surface area contributed by atoms with Crippen molar-refractivity contribution in [2.75, 3.05) is 42.7 Å². The molecule has 0 aliphatic heterocycles. The molecule has 0 radical (unpaired) electrons. The van der Waals surface area contributed by atoms with Gasteiger partial charge in [0.15, 0.2) is 0 Å². The number of rotatable bonds is 17. The van der Waals surface area contributed by atoms with Crippen molar-refractivity contribution < 1.29 is 26.6 Å². The van der Waals surface area contributed by atoms with Gasteiger partial charge in [-0.1, -0.05) is 48.3 Å². The third-order valence-electron chi connectivity index (χ3n) is 3.94. The topological polar surface area (TPSA) is 55.4 Å². The van der Waals surface area contributed by atoms with E-state index in [4.69, 9.17) is 26.6 Å². The van der Waals surface area contributed by atoms with Crippen LogP contribution in [0.25, 0.3) is 0 Å². The maximum Gasteiger partial charge on any atom is 0.514 e. The molecule has 6 nitrogen and oxygen atoms in total. The maximum absolute atomic E-state index is 5.67. The van der Waals surface area contributed by atoms with E-state index < -0.39 is 17.6 Å². The lowest BCUT2D eigenvalue weighted by atomic mass is 10.4. The molecule has 0 spiro atoms. The van der Waals surface area contributed by atoms with Crippen LogP contribution in [0.15, 0.2) is 0 Å². The molecule has 0 aliphatic carbocycles. The van der Waals surface area contributed by atoms with E-state index in [-0.39, 0.29) is 9.75 Å². The summed E-state index contributed by atoms with van der Waals surface area (Å²) in [6.45, 7) is 4.32. The minimum absolute atomic E-state index is 0.185. The fourth-order valence-corrected chi connectivity index (χ4v) is 19.6. The highest BCUT2D eigenvalue weighted by Crippen LogP contribution is 2.51. The van der Waals surface area contributed by atoms with E-state index in [0.29, 0.717) is 0 Å². The molecule has 2 atom stereocenters. The lowest BCUT2D eigenvalue weighted by Crippen LogP contribution is -2.52. The van der Waals surface area contributed by atoms with Gasteiger partial charge < -0.3 is 26.6 Å². The van der Waals surface area contributed by atoms with Crippen LogP contribution in [0.5, 0.6) is 0 Å². The molecule has 0 saturated carbocycles. The molecule has 158 valence electrons. The van der Waals surface area contributed by atoms with Gasteiger partial charge in [0.05, 0.1) is 9.75 Å². The van der Waals surface area contributed by atoms with Crippen LogP contribution in [0.2, 0.25) is 0 Å². The molecular weight excluding hydrogens is 449 g/mol. The molecule has 2 unspecified atom stereocenters. The Labute approximate surface area is 176 Å². The summed E-state index contributed by atoms with van der Waals surface area (Å²) in [5.41, 5.74) is 0. The van der Waals surface area contributed by atoms with Crippen molar-refractivity contribution in [3.8, 4) is 0 Å². The first-order chi connectivity index (χ1) is 12.5. The van der Waals surface area contributed by atoms with Crippen LogP contribution in [0, 0.1) is 0 Å². The summed E-state index contributed by atoms with van der Waals surface area (Å²) in [5.74, 6) is 0. The molecule has 0 aliphatic rings. The quantitative estimate of drug-likeness (QED) is 0.163. The van der Waals surface area contributed by atoms with Gasteiger partial charge in [0.2, 0.25) is 0 Å². The van der Waals surface area contributed by atoms with Gasteiger partial charge in [-0.25, -0.2) is 0 Å². The van der Waals surface area contributed by atoms with E-state index in [1.807, 2.05) is 0 Å². The van der Waals surface area contributed by atoms with Gasteiger partial charge in [0.1, 0.15) is 0 Å². The van der Waals surface area contributed by atoms with Crippen molar-refractivity contribution in [2.45, 2.75) is 49.3 Å². The van der Waals surface area contributed by atoms with Crippen molar-refractivity contribution in [2.24, 2.45) is 0 Å². The van der Waals surface area contributed by atoms with Gasteiger partial charge in [-0.2, -0.15) is 0 Å². The summed E-state index contributed by atoms with van der Waals surface area (Å²) in [4.78, 5) is 0.369. The molecule has 0 fully saturated rings. The fourth-order valence-electron chi connectivity index (χ4n) is 2.51. The van der Waals surface area contributed by atoms with Crippen LogP contribution in [0.3, 0.4) is 0 Å². The Morgan fingerprint density at radius 3 is 1.04 bits per heavy atom. The van der Waals surface area contributed by atoms with E-state index in [1.54, 1.807) is 83.9 Å². The van der Waals surface area contributed by atoms with Crippen molar-refractivity contribution in [1.82, 2.24) is 0 Å². The van der Waals surface area contributed by atoms with Gasteiger partial charge >= 0.3 is 17.6 Å². The Balaban J connectivity index is 4.82. The predicted octanol–water partition coefficient (Wildman–Crippen LogP) is 4.84. The highest BCUT2D eigenvalue weighted by atomic mass is 33.7. The van der Waals surface area contributed by atoms with Crippen molar-refractivity contribution in [1.29, 1.82) is 0 Å². The molecule has 0 rings (SSSR count). The number of hydrogen-bond donors (Lipinski definition) is 0. The Hall–Kier alpha value is 1.59. The van der Waals surface area contributed by atoms with Crippen molar-refractivity contribution in [3.05, 3.63) is 0 Å². The number of hydrogen-bond acceptors (Lipinski definition) is 10. The second kappa shape index (κ2) is 15.4. The Bertz CT molecular complexity index is 303. The first-order valence-corrected chi connectivity index (χ1v) is 17.0. The minimum atomic E-state index is -2.66. The van der Waals surface area contributed by atoms with Gasteiger partial charge in [-0.3, -0.25) is 0 Å². The molecule has 0 aromatic carbocycles. The Kier molecular flexibility index (Phi) is 16.4. The average molecular weight is 483 g/mol. The van der Waals surface area contributed by atoms with Crippen LogP contribution in [0.4, 0.5) is 0 Å². The SMILES string of the molecule is CCCC(SSSSC(CCC)[Si](OC)(OC)OC)[Si](OC)(OC)OC. The zero-order valence-electron chi connectivity index (χ0n) is 17.1. The largest absolute Gasteiger partial charge is 0.514 e. The normalized spacial score (nSPS) is 15.2. The van der Waals surface area contributed by atoms with Gasteiger partial charge in [0.25, 0.3) is 0 Å². The molecule has 0 N–H and O–H groups in total. The summed E-state index contributed by atoms with van der Waals surface area (Å²) in [5, 5.41) is 0. The van der Waals surface area contributed by atoms with E-state index in [2.05, 4.69) is 13.8 Å². The van der Waals surface area contributed by atoms with Crippen LogP contribution in [-0.2, 0) is 26.6 Å². The van der Waals surface area contributed by atoms with Crippen LogP contribution in [0.1, 0.15) is 39.5 Å². The first-order valence-electron chi connectivity index (χ1n) is 8.45. The predicted molar refractivity (Wildman–Crippen MR) is 121 cm³/mol. The van der Waals surface area contributed by atoms with Crippen molar-refractivity contribution >= 4 is 58.8 Å². The van der Waals surface area contributed by atoms with Crippen LogP contribution < -0.4 is 0 Å². The summed E-state index contributed by atoms with van der Waals surface area (Å²) in [7, 11) is 11.6. The van der Waals surface area contributed by atoms with Crippen LogP contribution in [-0.4, -0.2) is 70.0 Å². The molecule has 0 aromatic heterocycles. The average Bonchev–Trinajstić information content (AvgIpc) is 2.68. The molecule has 0 aromatic rings. The molecular formula is C14H34O6S4Si2. The standard InChI is InChI=1S/C14H34O6S4Si2/c1-9-11-13(25(15-3,16-4)17-5)21-23-24-22-14(12-10-2)26(18-6,19-7)20-8/h13-14H,9-12H2,1-8H3. The van der Waals surface area contributed by atoms with Gasteiger partial charge in [0, 0.05) is 42.7 Å². The minimum Gasteiger partial charge on any atom is -0.376 e. The van der Waals surface area contributed by atoms with E-state index in [9.17, 15) is 0 Å². The lowest BCUT2D eigenvalue weighted by molar-refractivity contribution is 0.120. The fraction of sp³-hybridized carbons (Fsp3) is 1.00. The van der Waals surface area contributed by atoms with Crippen molar-refractivity contribution in [3.63, 3.8) is 0 Å². The van der Waals surface area contributed by atoms with Gasteiger partial charge in [-0.05, 0) is 32.5 Å². The molecule has 12 heteroatoms. The third kappa shape index (κ3) is 7.78. The summed E-state index contributed by atoms with van der Waals surface area (Å²) < 4.78 is 34.0. The van der Waals surface area contributed by atoms with E-state index in [1.165, 1.54) is 0 Å². The zero-order chi connectivity index (χ0) is 20.1. The van der Waals surface area contributed by atoms with Crippen LogP contribution >= 0.6 is 41.2 Å². The summed E-state index contributed by atoms with van der Waals surface area (Å²) in [6.07, 6.45) is 4.06. The summed E-state index contributed by atoms with van der Waals surface area (Å²) in [6, 6.07) is 0. The second-order valence-corrected chi connectivity index (χ2v) is 18.6. The second-order valence-electron chi connectivity index (χ2n) is 5.32. The molecule has 0 amide bonds. The molecule has 26 heavy (non-hydrogen) atoms. The van der Waals surface area contributed by atoms with E-state index in [0.717, 1.165) is 25.7 Å². The Morgan fingerprint density at radius 1 is 0.577 bits per heavy atom. The molecule has 0 bridgehead atoms. The maximum atomic E-state index is 5.67. The monoisotopic (exact) mass is 482 g/mol. The third-order valence-corrected chi connectivity index (χ3v) is 19.6. The smallest absolute Gasteiger partial charge is 0.376 e. The van der Waals surface area contributed by atoms with E-state index >= 15 is 0 Å². The highest BCUT2D eigenvalue weighted by Gasteiger charge is 2.49. The lowest BCUT2D eigenvalue weighted by Gasteiger charge is -2.32. The zero-order valence-corrected chi connectivity index (χ0v) is 22.3. The van der Waals surface area contributed by atoms with Gasteiger partial charge in [-0.15, -0.1) is 0 Å². The Morgan fingerprint density at radius 2 is 0.846 bits per heavy atom.